The Labute approximate surface area is 210 Å². The van der Waals surface area contributed by atoms with Crippen molar-refractivity contribution in [2.45, 2.75) is 54.3 Å². The van der Waals surface area contributed by atoms with Gasteiger partial charge in [-0.05, 0) is 49.7 Å². The van der Waals surface area contributed by atoms with Gasteiger partial charge >= 0.3 is 5.97 Å². The van der Waals surface area contributed by atoms with Crippen molar-refractivity contribution in [3.63, 3.8) is 0 Å². The number of nitrogens with zero attached hydrogens (tertiary/aromatic N) is 1. The molecule has 3 fully saturated rings. The van der Waals surface area contributed by atoms with Crippen LogP contribution in [0.2, 0.25) is 0 Å². The molecule has 1 saturated carbocycles. The molecule has 0 amide bonds. The monoisotopic (exact) mass is 493 g/mol. The lowest BCUT2D eigenvalue weighted by Gasteiger charge is -2.61. The maximum absolute atomic E-state index is 12.9. The number of likely N-dealkylation sites (tertiary alicyclic amines) is 1. The molecule has 0 aromatic heterocycles. The molecular formula is C28H31NO7. The summed E-state index contributed by atoms with van der Waals surface area (Å²) in [4.78, 5) is 15.1. The molecule has 190 valence electrons. The molecule has 4 aliphatic rings. The molecule has 1 spiro atoms. The van der Waals surface area contributed by atoms with E-state index in [1.54, 1.807) is 12.1 Å². The number of benzene rings is 2. The average molecular weight is 494 g/mol. The Morgan fingerprint density at radius 2 is 1.94 bits per heavy atom. The van der Waals surface area contributed by atoms with E-state index in [2.05, 4.69) is 4.90 Å². The molecule has 2 bridgehead atoms. The number of carbonyl (C=O) groups excluding carboxylic acids is 1. The molecule has 6 rings (SSSR count). The fourth-order valence-electron chi connectivity index (χ4n) is 7.61. The highest BCUT2D eigenvalue weighted by Crippen LogP contribution is 2.73. The van der Waals surface area contributed by atoms with Gasteiger partial charge in [0.05, 0.1) is 18.8 Å². The van der Waals surface area contributed by atoms with Gasteiger partial charge in [-0.1, -0.05) is 36.4 Å². The third-order valence-corrected chi connectivity index (χ3v) is 8.98. The van der Waals surface area contributed by atoms with E-state index >= 15 is 0 Å². The largest absolute Gasteiger partial charge is 0.504 e. The number of carbonyl (C=O) groups is 1. The lowest BCUT2D eigenvalue weighted by atomic mass is 9.50. The lowest BCUT2D eigenvalue weighted by Crippen LogP contribution is -2.77. The predicted octanol–water partition coefficient (Wildman–Crippen LogP) is 2.92. The summed E-state index contributed by atoms with van der Waals surface area (Å²) in [5.41, 5.74) is 1.03. The first kappa shape index (κ1) is 23.5. The molecule has 2 aromatic carbocycles. The molecule has 6 unspecified atom stereocenters. The average Bonchev–Trinajstić information content (AvgIpc) is 3.39. The Morgan fingerprint density at radius 3 is 2.67 bits per heavy atom. The number of methoxy groups -OCH3 is 2. The van der Waals surface area contributed by atoms with Crippen molar-refractivity contribution in [1.29, 1.82) is 0 Å². The van der Waals surface area contributed by atoms with Gasteiger partial charge in [0.15, 0.2) is 11.5 Å². The number of ether oxygens (including phenoxy) is 4. The standard InChI is InChI=1S/C28H31NO7/c1-29-14-13-26-15-21(35-22(30)12-9-17-7-5-4-6-8-17)25(32)28(34-3)27(26,29)16-20(36-28)18-10-11-19(33-2)24(31)23(18)26/h4-12,20-21,25,31-32H,13-16H2,1-3H3. The molecule has 2 aromatic rings. The van der Waals surface area contributed by atoms with E-state index in [0.29, 0.717) is 31.6 Å². The van der Waals surface area contributed by atoms with E-state index < -0.39 is 41.0 Å². The van der Waals surface area contributed by atoms with Crippen LogP contribution in [-0.2, 0) is 24.4 Å². The molecule has 2 aliphatic carbocycles. The first-order chi connectivity index (χ1) is 17.3. The number of rotatable bonds is 5. The van der Waals surface area contributed by atoms with Crippen molar-refractivity contribution in [1.82, 2.24) is 4.90 Å². The maximum atomic E-state index is 12.9. The van der Waals surface area contributed by atoms with Crippen molar-refractivity contribution in [2.24, 2.45) is 0 Å². The van der Waals surface area contributed by atoms with Crippen LogP contribution in [0.4, 0.5) is 0 Å². The number of likely N-dealkylation sites (N-methyl/N-ethyl adjacent to an activating group) is 1. The molecule has 6 atom stereocenters. The number of hydrogen-bond donors (Lipinski definition) is 2. The third kappa shape index (κ3) is 2.75. The molecule has 2 heterocycles. The quantitative estimate of drug-likeness (QED) is 0.485. The Balaban J connectivity index is 1.45. The molecule has 36 heavy (non-hydrogen) atoms. The van der Waals surface area contributed by atoms with Crippen molar-refractivity contribution >= 4 is 12.0 Å². The van der Waals surface area contributed by atoms with Crippen LogP contribution in [0, 0.1) is 0 Å². The van der Waals surface area contributed by atoms with E-state index in [1.807, 2.05) is 43.4 Å². The second-order valence-corrected chi connectivity index (χ2v) is 10.2. The topological polar surface area (TPSA) is 97.7 Å². The van der Waals surface area contributed by atoms with Crippen LogP contribution in [0.25, 0.3) is 6.08 Å². The normalized spacial score (nSPS) is 36.5. The van der Waals surface area contributed by atoms with Gasteiger partial charge in [0, 0.05) is 30.6 Å². The number of fused-ring (bicyclic) bond motifs is 3. The lowest BCUT2D eigenvalue weighted by molar-refractivity contribution is -0.335. The van der Waals surface area contributed by atoms with Gasteiger partial charge < -0.3 is 29.2 Å². The number of aromatic hydroxyl groups is 1. The van der Waals surface area contributed by atoms with Gasteiger partial charge in [0.1, 0.15) is 12.2 Å². The number of aliphatic hydroxyl groups excluding tert-OH is 1. The summed E-state index contributed by atoms with van der Waals surface area (Å²) in [5, 5.41) is 23.1. The van der Waals surface area contributed by atoms with Gasteiger partial charge in [0.2, 0.25) is 5.79 Å². The number of hydrogen-bond acceptors (Lipinski definition) is 8. The van der Waals surface area contributed by atoms with Crippen molar-refractivity contribution in [2.75, 3.05) is 27.8 Å². The van der Waals surface area contributed by atoms with E-state index in [-0.39, 0.29) is 5.75 Å². The second-order valence-electron chi connectivity index (χ2n) is 10.2. The summed E-state index contributed by atoms with van der Waals surface area (Å²) in [6, 6.07) is 13.1. The summed E-state index contributed by atoms with van der Waals surface area (Å²) >= 11 is 0. The zero-order valence-corrected chi connectivity index (χ0v) is 20.6. The zero-order valence-electron chi connectivity index (χ0n) is 20.6. The highest BCUT2D eigenvalue weighted by Gasteiger charge is 2.82. The maximum Gasteiger partial charge on any atom is 0.331 e. The summed E-state index contributed by atoms with van der Waals surface area (Å²) in [7, 11) is 5.06. The number of phenolic OH excluding ortho intramolecular Hbond substituents is 1. The van der Waals surface area contributed by atoms with Crippen LogP contribution >= 0.6 is 0 Å². The summed E-state index contributed by atoms with van der Waals surface area (Å²) in [6.07, 6.45) is 2.11. The predicted molar refractivity (Wildman–Crippen MR) is 130 cm³/mol. The Hall–Kier alpha value is -2.91. The van der Waals surface area contributed by atoms with E-state index in [0.717, 1.165) is 16.7 Å². The number of esters is 1. The molecular weight excluding hydrogens is 462 g/mol. The van der Waals surface area contributed by atoms with Gasteiger partial charge in [-0.15, -0.1) is 0 Å². The third-order valence-electron chi connectivity index (χ3n) is 8.98. The summed E-state index contributed by atoms with van der Waals surface area (Å²) in [6.45, 7) is 0.707. The molecule has 8 nitrogen and oxygen atoms in total. The first-order valence-corrected chi connectivity index (χ1v) is 12.3. The Bertz CT molecular complexity index is 1230. The van der Waals surface area contributed by atoms with Crippen LogP contribution in [-0.4, -0.2) is 72.4 Å². The van der Waals surface area contributed by atoms with Crippen LogP contribution in [0.1, 0.15) is 42.1 Å². The van der Waals surface area contributed by atoms with E-state index in [9.17, 15) is 15.0 Å². The second kappa shape index (κ2) is 8.05. The van der Waals surface area contributed by atoms with Gasteiger partial charge in [-0.3, -0.25) is 4.90 Å². The highest BCUT2D eigenvalue weighted by molar-refractivity contribution is 5.87. The van der Waals surface area contributed by atoms with E-state index in [1.165, 1.54) is 20.3 Å². The van der Waals surface area contributed by atoms with Gasteiger partial charge in [0.25, 0.3) is 0 Å². The van der Waals surface area contributed by atoms with E-state index in [4.69, 9.17) is 18.9 Å². The molecule has 0 radical (unpaired) electrons. The minimum atomic E-state index is -1.45. The Morgan fingerprint density at radius 1 is 1.17 bits per heavy atom. The summed E-state index contributed by atoms with van der Waals surface area (Å²) < 4.78 is 24.1. The van der Waals surface area contributed by atoms with Gasteiger partial charge in [-0.25, -0.2) is 4.79 Å². The number of aliphatic hydroxyl groups is 1. The van der Waals surface area contributed by atoms with Crippen molar-refractivity contribution < 1.29 is 34.0 Å². The zero-order chi connectivity index (χ0) is 25.3. The molecule has 2 aliphatic heterocycles. The first-order valence-electron chi connectivity index (χ1n) is 12.3. The van der Waals surface area contributed by atoms with Crippen molar-refractivity contribution in [3.8, 4) is 11.5 Å². The van der Waals surface area contributed by atoms with Gasteiger partial charge in [-0.2, -0.15) is 0 Å². The van der Waals surface area contributed by atoms with Crippen LogP contribution in [0.15, 0.2) is 48.5 Å². The molecule has 2 saturated heterocycles. The Kier molecular flexibility index (Phi) is 5.25. The van der Waals surface area contributed by atoms with Crippen molar-refractivity contribution in [3.05, 3.63) is 65.2 Å². The van der Waals surface area contributed by atoms with Crippen LogP contribution < -0.4 is 4.74 Å². The molecule has 2 N–H and O–H groups in total. The van der Waals surface area contributed by atoms with Crippen LogP contribution in [0.3, 0.4) is 0 Å². The SMILES string of the molecule is COc1ccc2c(c1O)C13CCN(C)C14CC2OC4(OC)C(O)C(OC(=O)C=Cc1ccccc1)C3. The van der Waals surface area contributed by atoms with Crippen LogP contribution in [0.5, 0.6) is 11.5 Å². The fourth-order valence-corrected chi connectivity index (χ4v) is 7.61. The fraction of sp³-hybridized carbons (Fsp3) is 0.464. The minimum absolute atomic E-state index is 0.0697. The molecule has 8 heteroatoms. The highest BCUT2D eigenvalue weighted by atomic mass is 16.7. The smallest absolute Gasteiger partial charge is 0.331 e. The summed E-state index contributed by atoms with van der Waals surface area (Å²) in [5.74, 6) is -1.57. The number of phenols is 1. The minimum Gasteiger partial charge on any atom is -0.504 e.